The molecule has 18 nitrogen and oxygen atoms in total. The summed E-state index contributed by atoms with van der Waals surface area (Å²) in [6, 6.07) is 45.5. The molecule has 3 unspecified atom stereocenters. The Morgan fingerprint density at radius 3 is 1.36 bits per heavy atom. The Hall–Kier alpha value is -10.4. The molecule has 12 aromatic rings. The lowest BCUT2D eigenvalue weighted by atomic mass is 9.99. The van der Waals surface area contributed by atoms with Gasteiger partial charge in [-0.1, -0.05) is 96.5 Å². The van der Waals surface area contributed by atoms with Gasteiger partial charge in [-0.3, -0.25) is 0 Å². The van der Waals surface area contributed by atoms with Crippen molar-refractivity contribution in [2.45, 2.75) is 39.1 Å². The number of nitrogens with zero attached hydrogens (tertiary/aromatic N) is 9. The van der Waals surface area contributed by atoms with Crippen molar-refractivity contribution >= 4 is 46.1 Å². The molecule has 87 heavy (non-hydrogen) atoms. The Kier molecular flexibility index (Phi) is 17.8. The van der Waals surface area contributed by atoms with Gasteiger partial charge < -0.3 is 29.5 Å². The summed E-state index contributed by atoms with van der Waals surface area (Å²) in [6.07, 6.45) is 1.83. The summed E-state index contributed by atoms with van der Waals surface area (Å²) < 4.78 is 47.5. The number of fused-ring (bicyclic) bond motifs is 3. The first-order valence-electron chi connectivity index (χ1n) is 26.9. The minimum atomic E-state index is -1.23. The molecule has 3 N–H and O–H groups in total. The minimum Gasteiger partial charge on any atom is -0.464 e. The van der Waals surface area contributed by atoms with Crippen molar-refractivity contribution in [1.29, 1.82) is 0 Å². The number of carbonyl (C=O) groups excluding carboxylic acids is 3. The molecule has 438 valence electrons. The van der Waals surface area contributed by atoms with E-state index in [2.05, 4.69) is 30.2 Å². The van der Waals surface area contributed by atoms with E-state index in [1.165, 1.54) is 51.7 Å². The number of hydrogen-bond donors (Lipinski definition) is 3. The monoisotopic (exact) mass is 1190 g/mol. The molecule has 0 radical (unpaired) electrons. The number of ether oxygens (including phenoxy) is 3. The van der Waals surface area contributed by atoms with Crippen molar-refractivity contribution in [1.82, 2.24) is 43.8 Å². The van der Waals surface area contributed by atoms with E-state index in [1.807, 2.05) is 87.6 Å². The summed E-state index contributed by atoms with van der Waals surface area (Å²) in [6.45, 7) is 5.74. The summed E-state index contributed by atoms with van der Waals surface area (Å²) in [5, 5.41) is 47.9. The summed E-state index contributed by atoms with van der Waals surface area (Å²) in [7, 11) is 3.82. The zero-order valence-corrected chi connectivity index (χ0v) is 48.3. The molecule has 9 aromatic heterocycles. The Balaban J connectivity index is 0.000000144. The number of aromatic nitrogens is 9. The van der Waals surface area contributed by atoms with Crippen molar-refractivity contribution in [3.63, 3.8) is 0 Å². The van der Waals surface area contributed by atoms with Gasteiger partial charge in [0.25, 0.3) is 0 Å². The van der Waals surface area contributed by atoms with Gasteiger partial charge in [-0.15, -0.1) is 0 Å². The van der Waals surface area contributed by atoms with Gasteiger partial charge in [0, 0.05) is 52.0 Å². The van der Waals surface area contributed by atoms with E-state index < -0.39 is 47.9 Å². The summed E-state index contributed by atoms with van der Waals surface area (Å²) in [5.74, 6) is -2.62. The maximum absolute atomic E-state index is 14.5. The number of hydrogen-bond acceptors (Lipinski definition) is 15. The first kappa shape index (κ1) is 59.8. The van der Waals surface area contributed by atoms with Gasteiger partial charge in [0.1, 0.15) is 52.7 Å². The minimum absolute atomic E-state index is 0.0730. The van der Waals surface area contributed by atoms with Crippen LogP contribution in [-0.2, 0) is 14.2 Å². The van der Waals surface area contributed by atoms with Crippen LogP contribution < -0.4 is 0 Å². The van der Waals surface area contributed by atoms with Crippen LogP contribution >= 0.6 is 11.6 Å². The molecule has 0 saturated heterocycles. The Morgan fingerprint density at radius 1 is 0.460 bits per heavy atom. The number of aliphatic hydroxyl groups excluding tert-OH is 3. The number of halogens is 3. The molecule has 0 aliphatic rings. The summed E-state index contributed by atoms with van der Waals surface area (Å²) in [5.41, 5.74) is 10.4. The van der Waals surface area contributed by atoms with Crippen molar-refractivity contribution < 1.29 is 52.7 Å². The molecule has 3 atom stereocenters. The van der Waals surface area contributed by atoms with E-state index in [1.54, 1.807) is 98.7 Å². The Bertz CT molecular complexity index is 4550. The number of aryl methyl sites for hydroxylation is 3. The van der Waals surface area contributed by atoms with Crippen molar-refractivity contribution in [3.05, 3.63) is 267 Å². The van der Waals surface area contributed by atoms with Crippen LogP contribution in [0.4, 0.5) is 8.78 Å². The highest BCUT2D eigenvalue weighted by atomic mass is 35.5. The van der Waals surface area contributed by atoms with Gasteiger partial charge in [-0.05, 0) is 116 Å². The number of methoxy groups -OCH3 is 3. The van der Waals surface area contributed by atoms with Gasteiger partial charge in [0.2, 0.25) is 0 Å². The van der Waals surface area contributed by atoms with Gasteiger partial charge in [0.05, 0.1) is 71.4 Å². The molecular weight excluding hydrogens is 1140 g/mol. The molecule has 0 aliphatic heterocycles. The number of carbonyl (C=O) groups is 3. The highest BCUT2D eigenvalue weighted by Crippen LogP contribution is 2.39. The molecule has 12 rings (SSSR count). The van der Waals surface area contributed by atoms with Crippen molar-refractivity contribution in [3.8, 4) is 33.8 Å². The molecule has 0 saturated carbocycles. The Labute approximate surface area is 501 Å². The smallest absolute Gasteiger partial charge is 0.356 e. The fourth-order valence-corrected chi connectivity index (χ4v) is 9.90. The van der Waals surface area contributed by atoms with E-state index in [4.69, 9.17) is 25.8 Å². The largest absolute Gasteiger partial charge is 0.464 e. The van der Waals surface area contributed by atoms with E-state index in [0.717, 1.165) is 22.3 Å². The second kappa shape index (κ2) is 25.9. The maximum atomic E-state index is 14.5. The van der Waals surface area contributed by atoms with E-state index in [0.29, 0.717) is 66.6 Å². The molecule has 0 fully saturated rings. The third kappa shape index (κ3) is 12.6. The SMILES string of the molecule is COC(=O)c1cccc(C(O)c2c(-c3cccc(F)c3)nn3cc(C)ccc23)n1.COC(=O)c1cccc(C(O)c2c(-c3ccccc3)nn3cc(Cl)c(C)cc23)n1.COC(=O)c1cccc(C(O)c2c(-c3ccccc3F)nn3cc(C)ccc23)n1. The van der Waals surface area contributed by atoms with Gasteiger partial charge in [-0.2, -0.15) is 15.3 Å². The maximum Gasteiger partial charge on any atom is 0.356 e. The van der Waals surface area contributed by atoms with Crippen LogP contribution in [0.5, 0.6) is 0 Å². The average molecular weight is 1190 g/mol. The fourth-order valence-electron chi connectivity index (χ4n) is 9.76. The van der Waals surface area contributed by atoms with Crippen LogP contribution in [0.1, 0.15) is 100 Å². The summed E-state index contributed by atoms with van der Waals surface area (Å²) >= 11 is 6.28. The normalized spacial score (nSPS) is 12.1. The number of pyridine rings is 6. The molecular formula is C66H54ClF2N9O9. The van der Waals surface area contributed by atoms with Gasteiger partial charge in [0.15, 0.2) is 0 Å². The van der Waals surface area contributed by atoms with Crippen molar-refractivity contribution in [2.24, 2.45) is 0 Å². The highest BCUT2D eigenvalue weighted by Gasteiger charge is 2.29. The Morgan fingerprint density at radius 2 is 0.874 bits per heavy atom. The lowest BCUT2D eigenvalue weighted by molar-refractivity contribution is 0.0584. The van der Waals surface area contributed by atoms with E-state index in [-0.39, 0.29) is 34.0 Å². The lowest BCUT2D eigenvalue weighted by Gasteiger charge is -2.13. The summed E-state index contributed by atoms with van der Waals surface area (Å²) in [4.78, 5) is 48.3. The number of rotatable bonds is 12. The third-order valence-corrected chi connectivity index (χ3v) is 14.4. The average Bonchev–Trinajstić information content (AvgIpc) is 1.96. The van der Waals surface area contributed by atoms with Crippen LogP contribution in [0, 0.1) is 32.4 Å². The van der Waals surface area contributed by atoms with Crippen LogP contribution in [0.25, 0.3) is 50.3 Å². The van der Waals surface area contributed by atoms with Crippen LogP contribution in [0.2, 0.25) is 5.02 Å². The molecule has 0 bridgehead atoms. The van der Waals surface area contributed by atoms with Crippen LogP contribution in [0.3, 0.4) is 0 Å². The molecule has 0 aliphatic carbocycles. The van der Waals surface area contributed by atoms with Crippen molar-refractivity contribution in [2.75, 3.05) is 21.3 Å². The van der Waals surface area contributed by atoms with Gasteiger partial charge in [-0.25, -0.2) is 51.7 Å². The predicted molar refractivity (Wildman–Crippen MR) is 320 cm³/mol. The first-order chi connectivity index (χ1) is 42.0. The number of esters is 3. The van der Waals surface area contributed by atoms with E-state index in [9.17, 15) is 38.5 Å². The third-order valence-electron chi connectivity index (χ3n) is 14.0. The fraction of sp³-hybridized carbons (Fsp3) is 0.136. The number of benzene rings is 3. The van der Waals surface area contributed by atoms with Gasteiger partial charge >= 0.3 is 17.9 Å². The molecule has 0 spiro atoms. The topological polar surface area (TPSA) is 230 Å². The standard InChI is InChI=1S/C22H18ClN3O3.2C22H18FN3O3/c1-13-11-18-19(21(27)16-9-6-10-17(24-16)22(28)29-2)20(14-7-4-3-5-8-14)25-26(18)12-15(13)23;1-13-9-10-18-19(21(27)16-7-4-8-17(24-16)22(28)29-2)20(25-26(18)12-13)14-5-3-6-15(23)11-14;1-13-10-11-18-19(21(27)16-8-5-9-17(24-16)22(28)29-2)20(25-26(18)12-13)14-6-3-4-7-15(14)23/h3*3-12,21,27H,1-2H3. The molecule has 3 aromatic carbocycles. The second-order valence-electron chi connectivity index (χ2n) is 19.9. The zero-order valence-electron chi connectivity index (χ0n) is 47.5. The quantitative estimate of drug-likeness (QED) is 0.0763. The highest BCUT2D eigenvalue weighted by molar-refractivity contribution is 6.31. The zero-order chi connectivity index (χ0) is 61.6. The van der Waals surface area contributed by atoms with E-state index >= 15 is 0 Å². The van der Waals surface area contributed by atoms with Crippen LogP contribution in [0.15, 0.2) is 182 Å². The van der Waals surface area contributed by atoms with Crippen LogP contribution in [-0.4, -0.2) is 98.4 Å². The molecule has 9 heterocycles. The number of aliphatic hydroxyl groups is 3. The second-order valence-corrected chi connectivity index (χ2v) is 20.3. The lowest BCUT2D eigenvalue weighted by Crippen LogP contribution is -2.09. The molecule has 0 amide bonds. The first-order valence-corrected chi connectivity index (χ1v) is 27.3. The predicted octanol–water partition coefficient (Wildman–Crippen LogP) is 11.7. The molecule has 21 heteroatoms.